The summed E-state index contributed by atoms with van der Waals surface area (Å²) in [6.07, 6.45) is 14.3. The second kappa shape index (κ2) is 2.49. The molecule has 3 bridgehead atoms. The minimum Gasteiger partial charge on any atom is -0.0525 e. The van der Waals surface area contributed by atoms with E-state index in [1.165, 1.54) is 0 Å². The van der Waals surface area contributed by atoms with E-state index in [-0.39, 0.29) is 0 Å². The van der Waals surface area contributed by atoms with Crippen molar-refractivity contribution in [3.05, 3.63) is 0 Å². The van der Waals surface area contributed by atoms with E-state index in [0.717, 1.165) is 17.3 Å². The average molecular weight is 164 g/mol. The first kappa shape index (κ1) is 7.41. The molecule has 3 fully saturated rings. The Kier molecular flexibility index (Phi) is 1.54. The van der Waals surface area contributed by atoms with Crippen molar-refractivity contribution < 1.29 is 0 Å². The van der Waals surface area contributed by atoms with Crippen molar-refractivity contribution in [1.82, 2.24) is 0 Å². The molecule has 0 heterocycles. The Morgan fingerprint density at radius 2 is 1.67 bits per heavy atom. The van der Waals surface area contributed by atoms with Gasteiger partial charge in [-0.15, -0.1) is 0 Å². The maximum absolute atomic E-state index is 1.61. The molecule has 3 aliphatic carbocycles. The fourth-order valence-corrected chi connectivity index (χ4v) is 4.23. The van der Waals surface area contributed by atoms with Gasteiger partial charge in [-0.3, -0.25) is 0 Å². The van der Waals surface area contributed by atoms with Gasteiger partial charge in [0.1, 0.15) is 0 Å². The van der Waals surface area contributed by atoms with Gasteiger partial charge in [-0.1, -0.05) is 12.8 Å². The van der Waals surface area contributed by atoms with E-state index >= 15 is 0 Å². The van der Waals surface area contributed by atoms with Gasteiger partial charge in [-0.25, -0.2) is 0 Å². The van der Waals surface area contributed by atoms with Crippen LogP contribution in [0.15, 0.2) is 0 Å². The molecule has 0 aliphatic heterocycles. The zero-order valence-corrected chi connectivity index (χ0v) is 8.02. The zero-order chi connectivity index (χ0) is 8.02. The van der Waals surface area contributed by atoms with E-state index in [1.807, 2.05) is 0 Å². The lowest BCUT2D eigenvalue weighted by molar-refractivity contribution is 0.248. The number of rotatable bonds is 0. The lowest BCUT2D eigenvalue weighted by atomic mass is 9.79. The Labute approximate surface area is 75.7 Å². The van der Waals surface area contributed by atoms with Crippen LogP contribution in [-0.2, 0) is 0 Å². The highest BCUT2D eigenvalue weighted by Gasteiger charge is 2.43. The molecule has 3 saturated carbocycles. The molecule has 1 unspecified atom stereocenters. The minimum atomic E-state index is 0.871. The van der Waals surface area contributed by atoms with Crippen molar-refractivity contribution in [1.29, 1.82) is 0 Å². The Hall–Kier alpha value is 0. The summed E-state index contributed by atoms with van der Waals surface area (Å²) < 4.78 is 0. The fraction of sp³-hybridized carbons (Fsp3) is 1.00. The predicted molar refractivity (Wildman–Crippen MR) is 51.0 cm³/mol. The molecule has 0 aromatic heterocycles. The van der Waals surface area contributed by atoms with Gasteiger partial charge in [0.25, 0.3) is 0 Å². The molecule has 12 heavy (non-hydrogen) atoms. The van der Waals surface area contributed by atoms with Crippen LogP contribution in [0.25, 0.3) is 0 Å². The molecule has 0 radical (unpaired) electrons. The second-order valence-corrected chi connectivity index (χ2v) is 5.64. The Morgan fingerprint density at radius 3 is 2.58 bits per heavy atom. The second-order valence-electron chi connectivity index (χ2n) is 5.64. The van der Waals surface area contributed by atoms with Crippen LogP contribution < -0.4 is 0 Å². The molecule has 0 aromatic carbocycles. The molecule has 0 N–H and O–H groups in total. The Balaban J connectivity index is 1.92. The highest BCUT2D eigenvalue weighted by molar-refractivity contribution is 4.95. The van der Waals surface area contributed by atoms with E-state index in [9.17, 15) is 0 Å². The lowest BCUT2D eigenvalue weighted by Crippen LogP contribution is -2.14. The van der Waals surface area contributed by atoms with Crippen molar-refractivity contribution in [2.45, 2.75) is 57.8 Å². The molecule has 3 aliphatic rings. The summed E-state index contributed by atoms with van der Waals surface area (Å²) >= 11 is 0. The number of hydrogen-bond acceptors (Lipinski definition) is 0. The standard InChI is InChI=1S/C12H20/c1-2-10-3-6-12(5-1)7-4-11(8-10)9-12/h10-11H,1-9H2/t10?,11-,12-/m1/s1. The minimum absolute atomic E-state index is 0.871. The molecule has 68 valence electrons. The third-order valence-corrected chi connectivity index (χ3v) is 4.87. The molecule has 0 amide bonds. The van der Waals surface area contributed by atoms with Crippen LogP contribution >= 0.6 is 0 Å². The summed E-state index contributed by atoms with van der Waals surface area (Å²) in [6.45, 7) is 0. The fourth-order valence-electron chi connectivity index (χ4n) is 4.23. The third-order valence-electron chi connectivity index (χ3n) is 4.87. The van der Waals surface area contributed by atoms with Crippen molar-refractivity contribution in [2.75, 3.05) is 0 Å². The first-order valence-electron chi connectivity index (χ1n) is 5.86. The summed E-state index contributed by atoms with van der Waals surface area (Å²) in [4.78, 5) is 0. The van der Waals surface area contributed by atoms with E-state index < -0.39 is 0 Å². The van der Waals surface area contributed by atoms with E-state index in [1.54, 1.807) is 57.8 Å². The van der Waals surface area contributed by atoms with Gasteiger partial charge < -0.3 is 0 Å². The van der Waals surface area contributed by atoms with E-state index in [2.05, 4.69) is 0 Å². The van der Waals surface area contributed by atoms with Crippen LogP contribution in [0.4, 0.5) is 0 Å². The molecule has 0 nitrogen and oxygen atoms in total. The maximum Gasteiger partial charge on any atom is -0.0295 e. The summed E-state index contributed by atoms with van der Waals surface area (Å²) in [7, 11) is 0. The van der Waals surface area contributed by atoms with Gasteiger partial charge in [0.05, 0.1) is 0 Å². The SMILES string of the molecule is C1CC2CC[C@]3(C1)CC[C@H](C2)C3. The normalized spacial score (nSPS) is 52.0. The predicted octanol–water partition coefficient (Wildman–Crippen LogP) is 3.76. The molecular weight excluding hydrogens is 144 g/mol. The third kappa shape index (κ3) is 1.03. The van der Waals surface area contributed by atoms with E-state index in [0.29, 0.717) is 0 Å². The van der Waals surface area contributed by atoms with Gasteiger partial charge >= 0.3 is 0 Å². The average Bonchev–Trinajstić information content (AvgIpc) is 2.20. The maximum atomic E-state index is 1.61. The molecule has 0 saturated heterocycles. The van der Waals surface area contributed by atoms with Gasteiger partial charge in [-0.05, 0) is 62.2 Å². The van der Waals surface area contributed by atoms with Gasteiger partial charge in [0, 0.05) is 0 Å². The van der Waals surface area contributed by atoms with Gasteiger partial charge in [-0.2, -0.15) is 0 Å². The molecule has 0 aromatic rings. The first-order valence-corrected chi connectivity index (χ1v) is 5.86. The van der Waals surface area contributed by atoms with Crippen LogP contribution in [0.5, 0.6) is 0 Å². The van der Waals surface area contributed by atoms with Crippen LogP contribution in [0.3, 0.4) is 0 Å². The van der Waals surface area contributed by atoms with Gasteiger partial charge in [0.15, 0.2) is 0 Å². The molecular formula is C12H20. The van der Waals surface area contributed by atoms with E-state index in [4.69, 9.17) is 0 Å². The largest absolute Gasteiger partial charge is 0.0525 e. The molecule has 3 rings (SSSR count). The summed E-state index contributed by atoms with van der Waals surface area (Å²) in [5, 5.41) is 0. The molecule has 0 heteroatoms. The van der Waals surface area contributed by atoms with Crippen LogP contribution in [-0.4, -0.2) is 0 Å². The van der Waals surface area contributed by atoms with Crippen molar-refractivity contribution in [3.8, 4) is 0 Å². The topological polar surface area (TPSA) is 0 Å². The highest BCUT2D eigenvalue weighted by atomic mass is 14.5. The summed E-state index contributed by atoms with van der Waals surface area (Å²) in [6, 6.07) is 0. The number of fused-ring (bicyclic) bond motifs is 3. The van der Waals surface area contributed by atoms with Crippen LogP contribution in [0, 0.1) is 17.3 Å². The van der Waals surface area contributed by atoms with Crippen LogP contribution in [0.1, 0.15) is 57.8 Å². The first-order chi connectivity index (χ1) is 5.86. The van der Waals surface area contributed by atoms with Crippen molar-refractivity contribution in [2.24, 2.45) is 17.3 Å². The summed E-state index contributed by atoms with van der Waals surface area (Å²) in [5.41, 5.74) is 0.871. The Bertz CT molecular complexity index is 182. The summed E-state index contributed by atoms with van der Waals surface area (Å²) in [5.74, 6) is 2.29. The van der Waals surface area contributed by atoms with Gasteiger partial charge in [0.2, 0.25) is 0 Å². The van der Waals surface area contributed by atoms with Crippen molar-refractivity contribution >= 4 is 0 Å². The quantitative estimate of drug-likeness (QED) is 0.511. The number of hydrogen-bond donors (Lipinski definition) is 0. The highest BCUT2D eigenvalue weighted by Crippen LogP contribution is 2.56. The lowest BCUT2D eigenvalue weighted by Gasteiger charge is -2.27. The zero-order valence-electron chi connectivity index (χ0n) is 8.02. The van der Waals surface area contributed by atoms with Crippen molar-refractivity contribution in [3.63, 3.8) is 0 Å². The molecule has 1 spiro atoms. The monoisotopic (exact) mass is 164 g/mol. The smallest absolute Gasteiger partial charge is 0.0295 e. The van der Waals surface area contributed by atoms with Crippen LogP contribution in [0.2, 0.25) is 0 Å². The molecule has 3 atom stereocenters. The Morgan fingerprint density at radius 1 is 0.833 bits per heavy atom.